The summed E-state index contributed by atoms with van der Waals surface area (Å²) in [5.74, 6) is 0.755. The Morgan fingerprint density at radius 1 is 1.06 bits per heavy atom. The summed E-state index contributed by atoms with van der Waals surface area (Å²) in [6, 6.07) is 19.6. The van der Waals surface area contributed by atoms with E-state index in [0.29, 0.717) is 37.0 Å². The molecule has 3 aromatic rings. The minimum atomic E-state index is -3.22. The van der Waals surface area contributed by atoms with E-state index in [4.69, 9.17) is 0 Å². The third-order valence-corrected chi connectivity index (χ3v) is 7.05. The van der Waals surface area contributed by atoms with Crippen molar-refractivity contribution in [3.63, 3.8) is 0 Å². The summed E-state index contributed by atoms with van der Waals surface area (Å²) in [4.78, 5) is 12.3. The molecule has 32 heavy (non-hydrogen) atoms. The predicted octanol–water partition coefficient (Wildman–Crippen LogP) is 2.81. The van der Waals surface area contributed by atoms with Crippen LogP contribution in [0.25, 0.3) is 17.1 Å². The van der Waals surface area contributed by atoms with Gasteiger partial charge in [-0.1, -0.05) is 67.2 Å². The fraction of sp³-hybridized carbons (Fsp3) is 0.318. The Balaban J connectivity index is 1.63. The SMILES string of the molecule is CCN(CCCNC(=O)CSc1nnc(-c2ccccc2)n1-c1ccccc1)S(C)(=O)=O. The maximum atomic E-state index is 12.3. The molecule has 0 unspecified atom stereocenters. The Morgan fingerprint density at radius 2 is 1.72 bits per heavy atom. The lowest BCUT2D eigenvalue weighted by Crippen LogP contribution is -2.34. The Labute approximate surface area is 193 Å². The number of benzene rings is 2. The molecule has 0 spiro atoms. The van der Waals surface area contributed by atoms with Crippen LogP contribution in [0.4, 0.5) is 0 Å². The molecule has 0 saturated carbocycles. The third-order valence-electron chi connectivity index (χ3n) is 4.74. The number of hydrogen-bond donors (Lipinski definition) is 1. The molecule has 2 aromatic carbocycles. The molecule has 1 aromatic heterocycles. The molecule has 0 atom stereocenters. The van der Waals surface area contributed by atoms with Crippen molar-refractivity contribution in [3.05, 3.63) is 60.7 Å². The van der Waals surface area contributed by atoms with Gasteiger partial charge in [-0.3, -0.25) is 9.36 Å². The summed E-state index contributed by atoms with van der Waals surface area (Å²) in [6.07, 6.45) is 1.74. The van der Waals surface area contributed by atoms with Crippen LogP contribution in [0.5, 0.6) is 0 Å². The van der Waals surface area contributed by atoms with E-state index < -0.39 is 10.0 Å². The van der Waals surface area contributed by atoms with Crippen molar-refractivity contribution >= 4 is 27.7 Å². The number of nitrogens with one attached hydrogen (secondary N) is 1. The lowest BCUT2D eigenvalue weighted by atomic mass is 10.2. The zero-order chi connectivity index (χ0) is 23.0. The maximum absolute atomic E-state index is 12.3. The molecular formula is C22H27N5O3S2. The molecule has 0 aliphatic heterocycles. The van der Waals surface area contributed by atoms with E-state index in [2.05, 4.69) is 15.5 Å². The zero-order valence-electron chi connectivity index (χ0n) is 18.1. The van der Waals surface area contributed by atoms with Crippen LogP contribution in [0.15, 0.2) is 65.8 Å². The van der Waals surface area contributed by atoms with Crippen molar-refractivity contribution in [1.82, 2.24) is 24.4 Å². The molecule has 0 saturated heterocycles. The molecule has 1 amide bonds. The summed E-state index contributed by atoms with van der Waals surface area (Å²) in [7, 11) is -3.22. The summed E-state index contributed by atoms with van der Waals surface area (Å²) < 4.78 is 26.6. The van der Waals surface area contributed by atoms with Crippen LogP contribution in [0, 0.1) is 0 Å². The van der Waals surface area contributed by atoms with E-state index in [1.54, 1.807) is 6.92 Å². The van der Waals surface area contributed by atoms with Gasteiger partial charge >= 0.3 is 0 Å². The average molecular weight is 474 g/mol. The molecule has 170 valence electrons. The second kappa shape index (κ2) is 11.3. The highest BCUT2D eigenvalue weighted by Gasteiger charge is 2.17. The molecule has 3 rings (SSSR count). The van der Waals surface area contributed by atoms with Gasteiger partial charge in [0.2, 0.25) is 15.9 Å². The lowest BCUT2D eigenvalue weighted by Gasteiger charge is -2.17. The second-order valence-electron chi connectivity index (χ2n) is 7.09. The summed E-state index contributed by atoms with van der Waals surface area (Å²) >= 11 is 1.31. The molecular weight excluding hydrogens is 446 g/mol. The number of amides is 1. The standard InChI is InChI=1S/C22H27N5O3S2/c1-3-26(32(2,29)30)16-10-15-23-20(28)17-31-22-25-24-21(18-11-6-4-7-12-18)27(22)19-13-8-5-9-14-19/h4-9,11-14H,3,10,15-17H2,1-2H3,(H,23,28). The number of nitrogens with zero attached hydrogens (tertiary/aromatic N) is 4. The molecule has 0 aliphatic rings. The van der Waals surface area contributed by atoms with Crippen molar-refractivity contribution in [2.24, 2.45) is 0 Å². The van der Waals surface area contributed by atoms with Crippen molar-refractivity contribution in [1.29, 1.82) is 0 Å². The van der Waals surface area contributed by atoms with Crippen molar-refractivity contribution in [2.45, 2.75) is 18.5 Å². The smallest absolute Gasteiger partial charge is 0.230 e. The fourth-order valence-electron chi connectivity index (χ4n) is 3.17. The minimum Gasteiger partial charge on any atom is -0.355 e. The molecule has 0 bridgehead atoms. The number of carbonyl (C=O) groups is 1. The van der Waals surface area contributed by atoms with Crippen LogP contribution >= 0.6 is 11.8 Å². The maximum Gasteiger partial charge on any atom is 0.230 e. The van der Waals surface area contributed by atoms with Crippen molar-refractivity contribution < 1.29 is 13.2 Å². The van der Waals surface area contributed by atoms with E-state index in [1.807, 2.05) is 65.2 Å². The summed E-state index contributed by atoms with van der Waals surface area (Å²) in [5.41, 5.74) is 1.85. The van der Waals surface area contributed by atoms with Crippen LogP contribution in [0.2, 0.25) is 0 Å². The van der Waals surface area contributed by atoms with Crippen molar-refractivity contribution in [3.8, 4) is 17.1 Å². The highest BCUT2D eigenvalue weighted by molar-refractivity contribution is 7.99. The first kappa shape index (κ1) is 24.0. The van der Waals surface area contributed by atoms with Gasteiger partial charge in [0.1, 0.15) is 0 Å². The van der Waals surface area contributed by atoms with Crippen molar-refractivity contribution in [2.75, 3.05) is 31.6 Å². The molecule has 0 radical (unpaired) electrons. The van der Waals surface area contributed by atoms with Gasteiger partial charge in [0.15, 0.2) is 11.0 Å². The topological polar surface area (TPSA) is 97.2 Å². The first-order valence-corrected chi connectivity index (χ1v) is 13.1. The van der Waals surface area contributed by atoms with Crippen LogP contribution in [0.1, 0.15) is 13.3 Å². The highest BCUT2D eigenvalue weighted by Crippen LogP contribution is 2.27. The summed E-state index contributed by atoms with van der Waals surface area (Å²) in [6.45, 7) is 3.00. The van der Waals surface area contributed by atoms with Gasteiger partial charge in [0.25, 0.3) is 0 Å². The number of hydrogen-bond acceptors (Lipinski definition) is 6. The van der Waals surface area contributed by atoms with Gasteiger partial charge < -0.3 is 5.32 Å². The monoisotopic (exact) mass is 473 g/mol. The van der Waals surface area contributed by atoms with Crippen LogP contribution in [0.3, 0.4) is 0 Å². The molecule has 1 heterocycles. The summed E-state index contributed by atoms with van der Waals surface area (Å²) in [5, 5.41) is 12.2. The Kier molecular flexibility index (Phi) is 8.43. The average Bonchev–Trinajstić information content (AvgIpc) is 3.22. The van der Waals surface area contributed by atoms with Gasteiger partial charge in [-0.25, -0.2) is 12.7 Å². The van der Waals surface area contributed by atoms with Crippen LogP contribution in [-0.2, 0) is 14.8 Å². The number of rotatable bonds is 11. The van der Waals surface area contributed by atoms with E-state index in [9.17, 15) is 13.2 Å². The minimum absolute atomic E-state index is 0.138. The third kappa shape index (κ3) is 6.41. The number of aromatic nitrogens is 3. The van der Waals surface area contributed by atoms with Gasteiger partial charge in [-0.15, -0.1) is 10.2 Å². The first-order chi connectivity index (χ1) is 15.4. The lowest BCUT2D eigenvalue weighted by molar-refractivity contribution is -0.118. The van der Waals surface area contributed by atoms with E-state index in [-0.39, 0.29) is 11.7 Å². The Hall–Kier alpha value is -2.69. The van der Waals surface area contributed by atoms with Gasteiger partial charge in [0.05, 0.1) is 12.0 Å². The number of sulfonamides is 1. The largest absolute Gasteiger partial charge is 0.355 e. The van der Waals surface area contributed by atoms with E-state index in [1.165, 1.54) is 22.3 Å². The van der Waals surface area contributed by atoms with Gasteiger partial charge in [-0.05, 0) is 18.6 Å². The zero-order valence-corrected chi connectivity index (χ0v) is 19.8. The number of para-hydroxylation sites is 1. The molecule has 0 aliphatic carbocycles. The molecule has 0 fully saturated rings. The number of thioether (sulfide) groups is 1. The van der Waals surface area contributed by atoms with E-state index in [0.717, 1.165) is 11.3 Å². The number of carbonyl (C=O) groups excluding carboxylic acids is 1. The highest BCUT2D eigenvalue weighted by atomic mass is 32.2. The fourth-order valence-corrected chi connectivity index (χ4v) is 4.88. The van der Waals surface area contributed by atoms with Crippen LogP contribution in [-0.4, -0.2) is 65.0 Å². The molecule has 10 heteroatoms. The molecule has 8 nitrogen and oxygen atoms in total. The van der Waals surface area contributed by atoms with E-state index >= 15 is 0 Å². The Bertz CT molecular complexity index is 1120. The van der Waals surface area contributed by atoms with Crippen LogP contribution < -0.4 is 5.32 Å². The normalized spacial score (nSPS) is 11.6. The predicted molar refractivity (Wildman–Crippen MR) is 127 cm³/mol. The van der Waals surface area contributed by atoms with Gasteiger partial charge in [-0.2, -0.15) is 0 Å². The quantitative estimate of drug-likeness (QED) is 0.340. The second-order valence-corrected chi connectivity index (χ2v) is 10.0. The molecule has 1 N–H and O–H groups in total. The Morgan fingerprint density at radius 3 is 2.34 bits per heavy atom. The first-order valence-electron chi connectivity index (χ1n) is 10.3. The van der Waals surface area contributed by atoms with Gasteiger partial charge in [0, 0.05) is 30.9 Å².